The Kier molecular flexibility index (Phi) is 6.39. The van der Waals surface area contributed by atoms with Gasteiger partial charge in [-0.15, -0.1) is 0 Å². The lowest BCUT2D eigenvalue weighted by atomic mass is 9.43. The molecule has 3 N–H and O–H groups in total. The maximum atomic E-state index is 13.2. The van der Waals surface area contributed by atoms with Gasteiger partial charge in [0.1, 0.15) is 0 Å². The van der Waals surface area contributed by atoms with E-state index < -0.39 is 6.04 Å². The van der Waals surface area contributed by atoms with Gasteiger partial charge < -0.3 is 9.31 Å². The molecule has 31 heavy (non-hydrogen) atoms. The molecule has 1 heterocycles. The number of Topliss-reactive ketones (excluding diaryl/α,β-unsaturated/α-hetero) is 1. The second-order valence-corrected chi connectivity index (χ2v) is 11.3. The highest BCUT2D eigenvalue weighted by Gasteiger charge is 2.68. The summed E-state index contributed by atoms with van der Waals surface area (Å²) >= 11 is 0. The molecule has 3 aliphatic carbocycles. The van der Waals surface area contributed by atoms with Gasteiger partial charge in [-0.25, -0.2) is 5.43 Å². The molecule has 0 spiro atoms. The molecular formula is C25H39BN2O3. The quantitative estimate of drug-likeness (QED) is 0.352. The number of hydrogen-bond donors (Lipinski definition) is 2. The zero-order valence-corrected chi connectivity index (χ0v) is 19.8. The van der Waals surface area contributed by atoms with Crippen LogP contribution in [-0.2, 0) is 20.5 Å². The summed E-state index contributed by atoms with van der Waals surface area (Å²) in [6, 6.07) is 9.63. The zero-order chi connectivity index (χ0) is 22.4. The zero-order valence-electron chi connectivity index (χ0n) is 19.8. The Bertz CT molecular complexity index is 786. The van der Waals surface area contributed by atoms with Gasteiger partial charge in [-0.3, -0.25) is 10.6 Å². The summed E-state index contributed by atoms with van der Waals surface area (Å²) in [7, 11) is -0.313. The molecule has 1 saturated heterocycles. The molecule has 0 amide bonds. The van der Waals surface area contributed by atoms with Crippen LogP contribution < -0.4 is 11.3 Å². The van der Waals surface area contributed by atoms with Crippen LogP contribution in [0.1, 0.15) is 65.9 Å². The van der Waals surface area contributed by atoms with E-state index in [4.69, 9.17) is 15.2 Å². The van der Waals surface area contributed by atoms with Gasteiger partial charge in [-0.2, -0.15) is 0 Å². The average molecular weight is 426 g/mol. The minimum atomic E-state index is -0.400. The van der Waals surface area contributed by atoms with Crippen LogP contribution >= 0.6 is 0 Å². The monoisotopic (exact) mass is 426 g/mol. The van der Waals surface area contributed by atoms with E-state index in [-0.39, 0.29) is 30.4 Å². The van der Waals surface area contributed by atoms with Gasteiger partial charge in [0.15, 0.2) is 5.78 Å². The molecule has 5 rings (SSSR count). The molecular weight excluding hydrogens is 387 g/mol. The van der Waals surface area contributed by atoms with E-state index in [2.05, 4.69) is 40.0 Å². The first-order valence-corrected chi connectivity index (χ1v) is 12.0. The van der Waals surface area contributed by atoms with Crippen molar-refractivity contribution in [1.82, 2.24) is 5.43 Å². The molecule has 1 aromatic rings. The van der Waals surface area contributed by atoms with Gasteiger partial charge in [0.05, 0.1) is 17.7 Å². The normalized spacial score (nSPS) is 33.0. The molecule has 5 nitrogen and oxygen atoms in total. The SMILES string of the molecule is CC(C)C[C@H](CC(=O)[C@H](Cc1ccccc1)NN)B1O[C@@H]2C[C@@H]3C[C@@H](C3(C)C)[C@]2(C)O1. The number of carbonyl (C=O) groups is 1. The first kappa shape index (κ1) is 23.0. The van der Waals surface area contributed by atoms with Crippen LogP contribution in [0.2, 0.25) is 5.82 Å². The molecule has 4 aliphatic rings. The van der Waals surface area contributed by atoms with Crippen molar-refractivity contribution in [2.75, 3.05) is 0 Å². The van der Waals surface area contributed by atoms with Crippen molar-refractivity contribution in [2.45, 2.75) is 90.3 Å². The van der Waals surface area contributed by atoms with E-state index in [1.54, 1.807) is 0 Å². The average Bonchev–Trinajstić information content (AvgIpc) is 3.08. The molecule has 4 fully saturated rings. The van der Waals surface area contributed by atoms with Crippen molar-refractivity contribution in [3.63, 3.8) is 0 Å². The third-order valence-corrected chi connectivity index (χ3v) is 8.46. The lowest BCUT2D eigenvalue weighted by Crippen LogP contribution is -2.65. The largest absolute Gasteiger partial charge is 0.461 e. The second-order valence-electron chi connectivity index (χ2n) is 11.3. The molecule has 3 saturated carbocycles. The summed E-state index contributed by atoms with van der Waals surface area (Å²) in [6.07, 6.45) is 4.37. The van der Waals surface area contributed by atoms with E-state index in [1.807, 2.05) is 30.3 Å². The van der Waals surface area contributed by atoms with Gasteiger partial charge >= 0.3 is 7.12 Å². The molecule has 170 valence electrons. The first-order valence-electron chi connectivity index (χ1n) is 12.0. The van der Waals surface area contributed by atoms with Crippen molar-refractivity contribution in [3.8, 4) is 0 Å². The topological polar surface area (TPSA) is 73.6 Å². The number of rotatable bonds is 9. The summed E-state index contributed by atoms with van der Waals surface area (Å²) in [5.41, 5.74) is 3.93. The fraction of sp³-hybridized carbons (Fsp3) is 0.720. The van der Waals surface area contributed by atoms with Crippen LogP contribution in [0.5, 0.6) is 0 Å². The Morgan fingerprint density at radius 2 is 1.94 bits per heavy atom. The van der Waals surface area contributed by atoms with Gasteiger partial charge in [-0.1, -0.05) is 58.0 Å². The van der Waals surface area contributed by atoms with Crippen LogP contribution in [-0.4, -0.2) is 30.6 Å². The van der Waals surface area contributed by atoms with Crippen molar-refractivity contribution in [2.24, 2.45) is 29.0 Å². The van der Waals surface area contributed by atoms with Crippen LogP contribution in [0, 0.1) is 23.2 Å². The van der Waals surface area contributed by atoms with E-state index in [0.717, 1.165) is 24.3 Å². The second kappa shape index (κ2) is 8.62. The highest BCUT2D eigenvalue weighted by atomic mass is 16.7. The third-order valence-electron chi connectivity index (χ3n) is 8.46. The Morgan fingerprint density at radius 3 is 2.55 bits per heavy atom. The molecule has 1 aromatic carbocycles. The van der Waals surface area contributed by atoms with E-state index >= 15 is 0 Å². The van der Waals surface area contributed by atoms with Crippen molar-refractivity contribution < 1.29 is 14.1 Å². The van der Waals surface area contributed by atoms with Crippen molar-refractivity contribution in [1.29, 1.82) is 0 Å². The number of nitrogens with one attached hydrogen (secondary N) is 1. The van der Waals surface area contributed by atoms with E-state index in [1.165, 1.54) is 6.42 Å². The molecule has 2 bridgehead atoms. The van der Waals surface area contributed by atoms with Crippen LogP contribution in [0.4, 0.5) is 0 Å². The number of benzene rings is 1. The first-order chi connectivity index (χ1) is 14.6. The summed E-state index contributed by atoms with van der Waals surface area (Å²) < 4.78 is 13.2. The summed E-state index contributed by atoms with van der Waals surface area (Å²) in [4.78, 5) is 13.2. The molecule has 6 atom stereocenters. The minimum Gasteiger partial charge on any atom is -0.405 e. The van der Waals surface area contributed by atoms with Gasteiger partial charge in [-0.05, 0) is 61.3 Å². The number of carbonyl (C=O) groups excluding carboxylic acids is 1. The Labute approximate surface area is 187 Å². The molecule has 0 unspecified atom stereocenters. The molecule has 6 heteroatoms. The predicted octanol–water partition coefficient (Wildman–Crippen LogP) is 4.16. The highest BCUT2D eigenvalue weighted by Crippen LogP contribution is 2.66. The van der Waals surface area contributed by atoms with Crippen LogP contribution in [0.25, 0.3) is 0 Å². The standard InChI is InChI=1S/C25H39BN2O3/c1-16(2)11-19(15-21(29)20(28-27)12-17-9-7-6-8-10-17)26-30-23-14-18-13-22(24(18,3)4)25(23,5)31-26/h6-10,16,18-20,22-23,28H,11-15,27H2,1-5H3/t18-,19+,20-,22-,23+,25-/m0/s1. The lowest BCUT2D eigenvalue weighted by molar-refractivity contribution is -0.199. The molecule has 0 radical (unpaired) electrons. The minimum absolute atomic E-state index is 0.0434. The maximum Gasteiger partial charge on any atom is 0.461 e. The summed E-state index contributed by atoms with van der Waals surface area (Å²) in [6.45, 7) is 11.4. The van der Waals surface area contributed by atoms with Crippen molar-refractivity contribution in [3.05, 3.63) is 35.9 Å². The number of hydrazine groups is 1. The van der Waals surface area contributed by atoms with Crippen LogP contribution in [0.15, 0.2) is 30.3 Å². The number of ketones is 1. The van der Waals surface area contributed by atoms with Crippen LogP contribution in [0.3, 0.4) is 0 Å². The molecule has 0 aromatic heterocycles. The fourth-order valence-corrected chi connectivity index (χ4v) is 6.51. The smallest absolute Gasteiger partial charge is 0.405 e. The number of nitrogens with two attached hydrogens (primary N) is 1. The molecule has 1 aliphatic heterocycles. The Balaban J connectivity index is 1.46. The van der Waals surface area contributed by atoms with Gasteiger partial charge in [0.2, 0.25) is 0 Å². The Hall–Kier alpha value is -1.21. The van der Waals surface area contributed by atoms with Gasteiger partial charge in [0.25, 0.3) is 0 Å². The fourth-order valence-electron chi connectivity index (χ4n) is 6.51. The predicted molar refractivity (Wildman–Crippen MR) is 124 cm³/mol. The Morgan fingerprint density at radius 1 is 1.23 bits per heavy atom. The summed E-state index contributed by atoms with van der Waals surface area (Å²) in [5, 5.41) is 0. The third kappa shape index (κ3) is 4.24. The lowest BCUT2D eigenvalue weighted by Gasteiger charge is -2.64. The number of hydrogen-bond acceptors (Lipinski definition) is 5. The maximum absolute atomic E-state index is 13.2. The highest BCUT2D eigenvalue weighted by molar-refractivity contribution is 6.47. The van der Waals surface area contributed by atoms with Crippen molar-refractivity contribution >= 4 is 12.9 Å². The van der Waals surface area contributed by atoms with E-state index in [9.17, 15) is 4.79 Å². The summed E-state index contributed by atoms with van der Waals surface area (Å²) in [5.74, 6) is 7.68. The van der Waals surface area contributed by atoms with E-state index in [0.29, 0.717) is 30.1 Å². The van der Waals surface area contributed by atoms with Gasteiger partial charge in [0, 0.05) is 12.2 Å².